The van der Waals surface area contributed by atoms with Gasteiger partial charge in [0.15, 0.2) is 5.76 Å². The number of carbonyl (C=O) groups excluding carboxylic acids is 1. The molecule has 1 aliphatic rings. The van der Waals surface area contributed by atoms with Crippen molar-refractivity contribution in [3.05, 3.63) is 53.9 Å². The van der Waals surface area contributed by atoms with Gasteiger partial charge in [-0.1, -0.05) is 18.2 Å². The summed E-state index contributed by atoms with van der Waals surface area (Å²) in [6.45, 7) is 5.09. The summed E-state index contributed by atoms with van der Waals surface area (Å²) in [5.74, 6) is 0.412. The van der Waals surface area contributed by atoms with E-state index in [-0.39, 0.29) is 28.9 Å². The molecule has 1 amide bonds. The average molecular weight is 443 g/mol. The van der Waals surface area contributed by atoms with E-state index in [2.05, 4.69) is 10.2 Å². The average Bonchev–Trinajstić information content (AvgIpc) is 3.42. The minimum absolute atomic E-state index is 0.0687. The summed E-state index contributed by atoms with van der Waals surface area (Å²) in [5, 5.41) is 6.83. The van der Waals surface area contributed by atoms with Crippen LogP contribution in [0, 0.1) is 6.92 Å². The smallest absolute Gasteiger partial charge is 0.267 e. The number of nitrogens with one attached hydrogen (secondary N) is 1. The Hall–Kier alpha value is -3.07. The van der Waals surface area contributed by atoms with E-state index in [1.165, 1.54) is 16.6 Å². The molecule has 1 saturated heterocycles. The van der Waals surface area contributed by atoms with E-state index in [0.29, 0.717) is 30.0 Å². The molecule has 1 aromatic carbocycles. The molecular formula is C22H26N4O4S. The molecule has 164 valence electrons. The number of aromatic nitrogens is 2. The topological polar surface area (TPSA) is 99.5 Å². The quantitative estimate of drug-likeness (QED) is 0.626. The number of H-pyrrole nitrogens is 1. The lowest BCUT2D eigenvalue weighted by molar-refractivity contribution is 0.0725. The van der Waals surface area contributed by atoms with Crippen molar-refractivity contribution < 1.29 is 17.6 Å². The number of piperidine rings is 1. The van der Waals surface area contributed by atoms with Gasteiger partial charge in [0.05, 0.1) is 17.4 Å². The molecule has 0 bridgehead atoms. The Kier molecular flexibility index (Phi) is 5.86. The van der Waals surface area contributed by atoms with Crippen molar-refractivity contribution in [2.24, 2.45) is 0 Å². The van der Waals surface area contributed by atoms with Crippen LogP contribution in [0.4, 0.5) is 5.69 Å². The Morgan fingerprint density at radius 2 is 1.90 bits per heavy atom. The number of nitrogens with zero attached hydrogens (tertiary/aromatic N) is 3. The Labute approximate surface area is 181 Å². The lowest BCUT2D eigenvalue weighted by Gasteiger charge is -2.26. The van der Waals surface area contributed by atoms with Gasteiger partial charge in [0, 0.05) is 25.7 Å². The maximum Gasteiger partial charge on any atom is 0.267 e. The number of para-hydroxylation sites is 1. The van der Waals surface area contributed by atoms with Crippen LogP contribution in [-0.2, 0) is 10.0 Å². The second-order valence-corrected chi connectivity index (χ2v) is 9.38. The molecule has 3 heterocycles. The number of carbonyl (C=O) groups is 1. The summed E-state index contributed by atoms with van der Waals surface area (Å²) in [6.07, 6.45) is 4.55. The van der Waals surface area contributed by atoms with Gasteiger partial charge in [-0.2, -0.15) is 5.10 Å². The van der Waals surface area contributed by atoms with Crippen LogP contribution < -0.4 is 4.31 Å². The van der Waals surface area contributed by atoms with Crippen molar-refractivity contribution in [1.82, 2.24) is 15.1 Å². The molecule has 1 aliphatic heterocycles. The number of anilines is 1. The lowest BCUT2D eigenvalue weighted by Crippen LogP contribution is -2.35. The molecule has 8 nitrogen and oxygen atoms in total. The number of likely N-dealkylation sites (tertiary alicyclic amines) is 1. The monoisotopic (exact) mass is 442 g/mol. The van der Waals surface area contributed by atoms with Gasteiger partial charge in [-0.25, -0.2) is 8.42 Å². The summed E-state index contributed by atoms with van der Waals surface area (Å²) >= 11 is 0. The van der Waals surface area contributed by atoms with Crippen LogP contribution in [0.2, 0.25) is 0 Å². The molecule has 2 aromatic heterocycles. The minimum atomic E-state index is -3.85. The third-order valence-electron chi connectivity index (χ3n) is 5.53. The van der Waals surface area contributed by atoms with E-state index in [4.69, 9.17) is 4.42 Å². The molecule has 1 N–H and O–H groups in total. The number of hydrogen-bond acceptors (Lipinski definition) is 5. The van der Waals surface area contributed by atoms with Crippen LogP contribution in [0.25, 0.3) is 11.5 Å². The van der Waals surface area contributed by atoms with E-state index in [0.717, 1.165) is 19.3 Å². The lowest BCUT2D eigenvalue weighted by atomic mass is 10.1. The molecule has 0 aliphatic carbocycles. The first-order valence-electron chi connectivity index (χ1n) is 10.4. The summed E-state index contributed by atoms with van der Waals surface area (Å²) < 4.78 is 33.9. The second kappa shape index (κ2) is 8.58. The normalized spacial score (nSPS) is 14.6. The molecule has 3 aromatic rings. The number of sulfonamides is 1. The summed E-state index contributed by atoms with van der Waals surface area (Å²) in [4.78, 5) is 14.9. The van der Waals surface area contributed by atoms with E-state index in [1.807, 2.05) is 6.07 Å². The maximum absolute atomic E-state index is 13.4. The van der Waals surface area contributed by atoms with Gasteiger partial charge in [0.1, 0.15) is 16.3 Å². The zero-order chi connectivity index (χ0) is 22.0. The molecule has 4 rings (SSSR count). The summed E-state index contributed by atoms with van der Waals surface area (Å²) in [6, 6.07) is 10.4. The SMILES string of the molecule is CCN(c1ccccc1)S(=O)(=O)c1cc(-c2[nH]ncc2C(=O)N2CCCCC2)oc1C. The van der Waals surface area contributed by atoms with Crippen molar-refractivity contribution in [1.29, 1.82) is 0 Å². The first-order chi connectivity index (χ1) is 14.9. The molecule has 31 heavy (non-hydrogen) atoms. The van der Waals surface area contributed by atoms with Gasteiger partial charge in [-0.3, -0.25) is 14.2 Å². The Morgan fingerprint density at radius 3 is 2.58 bits per heavy atom. The van der Waals surface area contributed by atoms with E-state index in [9.17, 15) is 13.2 Å². The number of aromatic amines is 1. The fourth-order valence-electron chi connectivity index (χ4n) is 3.95. The molecule has 1 fully saturated rings. The number of furan rings is 1. The van der Waals surface area contributed by atoms with E-state index >= 15 is 0 Å². The predicted molar refractivity (Wildman–Crippen MR) is 117 cm³/mol. The van der Waals surface area contributed by atoms with Gasteiger partial charge in [-0.15, -0.1) is 0 Å². The molecule has 0 unspecified atom stereocenters. The molecule has 0 saturated carbocycles. The number of hydrogen-bond donors (Lipinski definition) is 1. The summed E-state index contributed by atoms with van der Waals surface area (Å²) in [7, 11) is -3.85. The van der Waals surface area contributed by atoms with Crippen molar-refractivity contribution >= 4 is 21.6 Å². The Morgan fingerprint density at radius 1 is 1.19 bits per heavy atom. The highest BCUT2D eigenvalue weighted by atomic mass is 32.2. The van der Waals surface area contributed by atoms with Gasteiger partial charge < -0.3 is 9.32 Å². The van der Waals surface area contributed by atoms with Gasteiger partial charge in [0.25, 0.3) is 15.9 Å². The third-order valence-corrected chi connectivity index (χ3v) is 7.54. The molecule has 0 radical (unpaired) electrons. The van der Waals surface area contributed by atoms with Crippen molar-refractivity contribution in [2.75, 3.05) is 23.9 Å². The van der Waals surface area contributed by atoms with E-state index < -0.39 is 10.0 Å². The highest BCUT2D eigenvalue weighted by Crippen LogP contribution is 2.33. The molecular weight excluding hydrogens is 416 g/mol. The fraction of sp³-hybridized carbons (Fsp3) is 0.364. The van der Waals surface area contributed by atoms with Crippen LogP contribution in [0.15, 0.2) is 51.9 Å². The predicted octanol–water partition coefficient (Wildman–Crippen LogP) is 3.82. The zero-order valence-electron chi connectivity index (χ0n) is 17.7. The largest absolute Gasteiger partial charge is 0.458 e. The number of amides is 1. The second-order valence-electron chi connectivity index (χ2n) is 7.55. The van der Waals surface area contributed by atoms with Crippen LogP contribution >= 0.6 is 0 Å². The third kappa shape index (κ3) is 3.97. The Bertz CT molecular complexity index is 1160. The minimum Gasteiger partial charge on any atom is -0.458 e. The zero-order valence-corrected chi connectivity index (χ0v) is 18.5. The highest BCUT2D eigenvalue weighted by Gasteiger charge is 2.30. The van der Waals surface area contributed by atoms with Crippen LogP contribution in [0.3, 0.4) is 0 Å². The van der Waals surface area contributed by atoms with Crippen LogP contribution in [-0.4, -0.2) is 49.1 Å². The van der Waals surface area contributed by atoms with Crippen LogP contribution in [0.1, 0.15) is 42.3 Å². The molecule has 0 spiro atoms. The maximum atomic E-state index is 13.4. The first-order valence-corrected chi connectivity index (χ1v) is 11.9. The van der Waals surface area contributed by atoms with Crippen LogP contribution in [0.5, 0.6) is 0 Å². The fourth-order valence-corrected chi connectivity index (χ4v) is 5.59. The van der Waals surface area contributed by atoms with E-state index in [1.54, 1.807) is 43.0 Å². The van der Waals surface area contributed by atoms with Crippen molar-refractivity contribution in [2.45, 2.75) is 38.0 Å². The van der Waals surface area contributed by atoms with Gasteiger partial charge >= 0.3 is 0 Å². The highest BCUT2D eigenvalue weighted by molar-refractivity contribution is 7.92. The first kappa shape index (κ1) is 21.2. The number of aryl methyl sites for hydroxylation is 1. The van der Waals surface area contributed by atoms with Crippen molar-refractivity contribution in [3.63, 3.8) is 0 Å². The Balaban J connectivity index is 1.69. The van der Waals surface area contributed by atoms with Gasteiger partial charge in [-0.05, 0) is 45.2 Å². The standard InChI is InChI=1S/C22H26N4O4S/c1-3-26(17-10-6-4-7-11-17)31(28,29)20-14-19(30-16(20)2)21-18(15-23-24-21)22(27)25-12-8-5-9-13-25/h4,6-7,10-11,14-15H,3,5,8-9,12-13H2,1-2H3,(H,23,24). The number of rotatable bonds is 6. The number of benzene rings is 1. The molecule has 9 heteroatoms. The van der Waals surface area contributed by atoms with Crippen molar-refractivity contribution in [3.8, 4) is 11.5 Å². The molecule has 0 atom stereocenters. The summed E-state index contributed by atoms with van der Waals surface area (Å²) in [5.41, 5.74) is 1.35. The van der Waals surface area contributed by atoms with Gasteiger partial charge in [0.2, 0.25) is 0 Å².